The molecule has 1 saturated heterocycles. The first-order valence-corrected chi connectivity index (χ1v) is 8.20. The molecule has 1 aliphatic heterocycles. The van der Waals surface area contributed by atoms with Crippen LogP contribution in [-0.4, -0.2) is 60.1 Å². The van der Waals surface area contributed by atoms with Crippen molar-refractivity contribution in [3.8, 4) is 0 Å². The van der Waals surface area contributed by atoms with Crippen LogP contribution in [0.1, 0.15) is 23.5 Å². The molecule has 1 aromatic rings. The first kappa shape index (κ1) is 17.2. The number of benzene rings is 1. The fourth-order valence-corrected chi connectivity index (χ4v) is 3.46. The molecular formula is C17H21F3N2O2. The van der Waals surface area contributed by atoms with Gasteiger partial charge < -0.3 is 10.0 Å². The van der Waals surface area contributed by atoms with Crippen LogP contribution in [-0.2, 0) is 11.0 Å². The standard InChI is InChI=1S/C17H21F3N2O2/c18-17(19,20)15-4-2-1-3-12(15)13-11-14(13)16(24)22-7-5-21(6-8-22)9-10-23/h1-4,13-14,23H,5-11H2/t13-,14+/m1/s1. The average molecular weight is 342 g/mol. The van der Waals surface area contributed by atoms with Gasteiger partial charge in [-0.2, -0.15) is 13.2 Å². The Kier molecular flexibility index (Phi) is 4.83. The Morgan fingerprint density at radius 1 is 1.17 bits per heavy atom. The Morgan fingerprint density at radius 2 is 1.83 bits per heavy atom. The number of halogens is 3. The number of nitrogens with zero attached hydrogens (tertiary/aromatic N) is 2. The molecule has 2 atom stereocenters. The lowest BCUT2D eigenvalue weighted by molar-refractivity contribution is -0.139. The highest BCUT2D eigenvalue weighted by Crippen LogP contribution is 2.51. The molecule has 2 aliphatic rings. The molecule has 4 nitrogen and oxygen atoms in total. The lowest BCUT2D eigenvalue weighted by Gasteiger charge is -2.34. The third-order valence-corrected chi connectivity index (χ3v) is 4.87. The molecule has 3 rings (SSSR count). The number of β-amino-alcohol motifs (C(OH)–C–C–N with tert-alkyl or cyclic N) is 1. The molecular weight excluding hydrogens is 321 g/mol. The molecule has 1 saturated carbocycles. The van der Waals surface area contributed by atoms with Crippen LogP contribution in [0.5, 0.6) is 0 Å². The highest BCUT2D eigenvalue weighted by atomic mass is 19.4. The minimum atomic E-state index is -4.39. The maximum Gasteiger partial charge on any atom is 0.416 e. The minimum Gasteiger partial charge on any atom is -0.395 e. The number of piperazine rings is 1. The van der Waals surface area contributed by atoms with E-state index in [1.165, 1.54) is 12.1 Å². The summed E-state index contributed by atoms with van der Waals surface area (Å²) in [7, 11) is 0. The first-order valence-electron chi connectivity index (χ1n) is 8.20. The molecule has 0 radical (unpaired) electrons. The van der Waals surface area contributed by atoms with E-state index in [4.69, 9.17) is 5.11 Å². The largest absolute Gasteiger partial charge is 0.416 e. The van der Waals surface area contributed by atoms with Crippen LogP contribution in [0.4, 0.5) is 13.2 Å². The molecule has 0 unspecified atom stereocenters. The summed E-state index contributed by atoms with van der Waals surface area (Å²) in [5, 5.41) is 8.93. The van der Waals surface area contributed by atoms with E-state index in [-0.39, 0.29) is 29.9 Å². The number of aliphatic hydroxyl groups is 1. The SMILES string of the molecule is O=C([C@H]1C[C@@H]1c1ccccc1C(F)(F)F)N1CCN(CCO)CC1. The molecule has 0 bridgehead atoms. The van der Waals surface area contributed by atoms with E-state index in [1.54, 1.807) is 11.0 Å². The highest BCUT2D eigenvalue weighted by Gasteiger charge is 2.49. The van der Waals surface area contributed by atoms with E-state index in [1.807, 2.05) is 0 Å². The van der Waals surface area contributed by atoms with Gasteiger partial charge in [-0.1, -0.05) is 18.2 Å². The van der Waals surface area contributed by atoms with E-state index in [0.717, 1.165) is 6.07 Å². The van der Waals surface area contributed by atoms with Gasteiger partial charge in [-0.3, -0.25) is 9.69 Å². The summed E-state index contributed by atoms with van der Waals surface area (Å²) >= 11 is 0. The van der Waals surface area contributed by atoms with Crippen LogP contribution in [0.15, 0.2) is 24.3 Å². The predicted molar refractivity (Wildman–Crippen MR) is 82.4 cm³/mol. The summed E-state index contributed by atoms with van der Waals surface area (Å²) in [6, 6.07) is 5.55. The Morgan fingerprint density at radius 3 is 2.46 bits per heavy atom. The highest BCUT2D eigenvalue weighted by molar-refractivity contribution is 5.83. The first-order chi connectivity index (χ1) is 11.4. The molecule has 1 amide bonds. The van der Waals surface area contributed by atoms with Gasteiger partial charge in [-0.25, -0.2) is 0 Å². The van der Waals surface area contributed by atoms with Crippen molar-refractivity contribution in [3.05, 3.63) is 35.4 Å². The van der Waals surface area contributed by atoms with E-state index < -0.39 is 11.7 Å². The summed E-state index contributed by atoms with van der Waals surface area (Å²) in [6.07, 6.45) is -3.90. The van der Waals surface area contributed by atoms with Crippen LogP contribution in [0, 0.1) is 5.92 Å². The van der Waals surface area contributed by atoms with Crippen molar-refractivity contribution < 1.29 is 23.1 Å². The molecule has 1 aromatic carbocycles. The number of hydrogen-bond donors (Lipinski definition) is 1. The smallest absolute Gasteiger partial charge is 0.395 e. The topological polar surface area (TPSA) is 43.8 Å². The van der Waals surface area contributed by atoms with E-state index in [0.29, 0.717) is 39.1 Å². The third-order valence-electron chi connectivity index (χ3n) is 4.87. The second kappa shape index (κ2) is 6.72. The van der Waals surface area contributed by atoms with Crippen molar-refractivity contribution in [1.29, 1.82) is 0 Å². The number of alkyl halides is 3. The number of carbonyl (C=O) groups is 1. The molecule has 1 N–H and O–H groups in total. The number of carbonyl (C=O) groups excluding carboxylic acids is 1. The van der Waals surface area contributed by atoms with Crippen LogP contribution in [0.3, 0.4) is 0 Å². The van der Waals surface area contributed by atoms with Gasteiger partial charge in [-0.05, 0) is 24.0 Å². The van der Waals surface area contributed by atoms with Crippen molar-refractivity contribution >= 4 is 5.91 Å². The van der Waals surface area contributed by atoms with Crippen molar-refractivity contribution in [2.45, 2.75) is 18.5 Å². The zero-order chi connectivity index (χ0) is 17.3. The maximum atomic E-state index is 13.1. The van der Waals surface area contributed by atoms with E-state index in [9.17, 15) is 18.0 Å². The van der Waals surface area contributed by atoms with Crippen molar-refractivity contribution in [2.24, 2.45) is 5.92 Å². The summed E-state index contributed by atoms with van der Waals surface area (Å²) < 4.78 is 39.3. The Labute approximate surface area is 138 Å². The van der Waals surface area contributed by atoms with Gasteiger partial charge in [0.25, 0.3) is 0 Å². The number of aliphatic hydroxyl groups excluding tert-OH is 1. The number of rotatable bonds is 4. The fourth-order valence-electron chi connectivity index (χ4n) is 3.46. The molecule has 0 aromatic heterocycles. The lowest BCUT2D eigenvalue weighted by atomic mass is 10.0. The van der Waals surface area contributed by atoms with E-state index in [2.05, 4.69) is 4.90 Å². The van der Waals surface area contributed by atoms with Gasteiger partial charge in [0.15, 0.2) is 0 Å². The molecule has 7 heteroatoms. The molecule has 24 heavy (non-hydrogen) atoms. The van der Waals surface area contributed by atoms with Crippen LogP contribution < -0.4 is 0 Å². The van der Waals surface area contributed by atoms with E-state index >= 15 is 0 Å². The summed E-state index contributed by atoms with van der Waals surface area (Å²) in [5.74, 6) is -0.704. The van der Waals surface area contributed by atoms with Gasteiger partial charge in [0.1, 0.15) is 0 Å². The third kappa shape index (κ3) is 3.57. The second-order valence-electron chi connectivity index (χ2n) is 6.42. The number of hydrogen-bond acceptors (Lipinski definition) is 3. The van der Waals surface area contributed by atoms with Crippen LogP contribution in [0.2, 0.25) is 0 Å². The van der Waals surface area contributed by atoms with Gasteiger partial charge >= 0.3 is 6.18 Å². The van der Waals surface area contributed by atoms with Crippen molar-refractivity contribution in [3.63, 3.8) is 0 Å². The number of amides is 1. The summed E-state index contributed by atoms with van der Waals surface area (Å²) in [5.41, 5.74) is -0.389. The molecule has 1 heterocycles. The minimum absolute atomic E-state index is 0.0411. The fraction of sp³-hybridized carbons (Fsp3) is 0.588. The van der Waals surface area contributed by atoms with Crippen LogP contribution >= 0.6 is 0 Å². The molecule has 2 fully saturated rings. The normalized spacial score (nSPS) is 24.9. The monoisotopic (exact) mass is 342 g/mol. The lowest BCUT2D eigenvalue weighted by Crippen LogP contribution is -2.49. The second-order valence-corrected chi connectivity index (χ2v) is 6.42. The zero-order valence-electron chi connectivity index (χ0n) is 13.3. The maximum absolute atomic E-state index is 13.1. The van der Waals surface area contributed by atoms with Gasteiger partial charge in [0.2, 0.25) is 5.91 Å². The van der Waals surface area contributed by atoms with Gasteiger partial charge in [0.05, 0.1) is 12.2 Å². The van der Waals surface area contributed by atoms with Crippen LogP contribution in [0.25, 0.3) is 0 Å². The van der Waals surface area contributed by atoms with Crippen molar-refractivity contribution in [2.75, 3.05) is 39.3 Å². The Balaban J connectivity index is 1.63. The van der Waals surface area contributed by atoms with Gasteiger partial charge in [0, 0.05) is 38.6 Å². The molecule has 1 aliphatic carbocycles. The molecule has 0 spiro atoms. The Hall–Kier alpha value is -1.60. The quantitative estimate of drug-likeness (QED) is 0.910. The summed E-state index contributed by atoms with van der Waals surface area (Å²) in [6.45, 7) is 3.22. The summed E-state index contributed by atoms with van der Waals surface area (Å²) in [4.78, 5) is 16.4. The van der Waals surface area contributed by atoms with Crippen molar-refractivity contribution in [1.82, 2.24) is 9.80 Å². The molecule has 132 valence electrons. The Bertz CT molecular complexity index is 598. The average Bonchev–Trinajstić information content (AvgIpc) is 3.35. The predicted octanol–water partition coefficient (Wildman–Crippen LogP) is 1.95. The van der Waals surface area contributed by atoms with Gasteiger partial charge in [-0.15, -0.1) is 0 Å². The zero-order valence-corrected chi connectivity index (χ0v) is 13.3.